The number of hydrogen-bond acceptors (Lipinski definition) is 4. The maximum absolute atomic E-state index is 5.96. The summed E-state index contributed by atoms with van der Waals surface area (Å²) in [6.45, 7) is 4.49. The molecule has 0 aliphatic carbocycles. The SMILES string of the molecule is CCC(=Cc1sc(Cl)nc1Cl)CNCCOC. The van der Waals surface area contributed by atoms with Crippen molar-refractivity contribution in [3.8, 4) is 0 Å². The number of rotatable bonds is 7. The van der Waals surface area contributed by atoms with Crippen molar-refractivity contribution < 1.29 is 4.74 Å². The van der Waals surface area contributed by atoms with Crippen LogP contribution in [0.4, 0.5) is 0 Å². The predicted molar refractivity (Wildman–Crippen MR) is 75.1 cm³/mol. The van der Waals surface area contributed by atoms with E-state index in [0.29, 0.717) is 16.2 Å². The van der Waals surface area contributed by atoms with Crippen LogP contribution in [-0.4, -0.2) is 31.8 Å². The van der Waals surface area contributed by atoms with E-state index in [9.17, 15) is 0 Å². The first-order chi connectivity index (χ1) is 8.17. The topological polar surface area (TPSA) is 34.2 Å². The van der Waals surface area contributed by atoms with Crippen LogP contribution < -0.4 is 5.32 Å². The molecule has 0 fully saturated rings. The first-order valence-electron chi connectivity index (χ1n) is 5.38. The van der Waals surface area contributed by atoms with Crippen LogP contribution in [0.2, 0.25) is 9.62 Å². The molecule has 0 aliphatic heterocycles. The number of nitrogens with one attached hydrogen (secondary N) is 1. The quantitative estimate of drug-likeness (QED) is 0.782. The molecular weight excluding hydrogens is 279 g/mol. The van der Waals surface area contributed by atoms with Gasteiger partial charge in [0.05, 0.1) is 11.5 Å². The molecule has 96 valence electrons. The van der Waals surface area contributed by atoms with Crippen molar-refractivity contribution in [3.63, 3.8) is 0 Å². The molecule has 1 rings (SSSR count). The average molecular weight is 295 g/mol. The fourth-order valence-corrected chi connectivity index (χ4v) is 2.62. The number of hydrogen-bond donors (Lipinski definition) is 1. The second kappa shape index (κ2) is 8.06. The summed E-state index contributed by atoms with van der Waals surface area (Å²) in [5.74, 6) is 0. The smallest absolute Gasteiger partial charge is 0.185 e. The lowest BCUT2D eigenvalue weighted by Crippen LogP contribution is -2.21. The summed E-state index contributed by atoms with van der Waals surface area (Å²) >= 11 is 13.2. The number of ether oxygens (including phenoxy) is 1. The third-order valence-corrected chi connectivity index (χ3v) is 3.71. The molecule has 0 radical (unpaired) electrons. The Morgan fingerprint density at radius 1 is 1.53 bits per heavy atom. The van der Waals surface area contributed by atoms with Gasteiger partial charge in [0.1, 0.15) is 5.15 Å². The van der Waals surface area contributed by atoms with Gasteiger partial charge in [-0.2, -0.15) is 0 Å². The minimum absolute atomic E-state index is 0.475. The lowest BCUT2D eigenvalue weighted by Gasteiger charge is -2.06. The molecule has 1 aromatic heterocycles. The Bertz CT molecular complexity index is 380. The predicted octanol–water partition coefficient (Wildman–Crippen LogP) is 3.48. The summed E-state index contributed by atoms with van der Waals surface area (Å²) in [6.07, 6.45) is 3.01. The van der Waals surface area contributed by atoms with Gasteiger partial charge in [-0.15, -0.1) is 11.3 Å². The van der Waals surface area contributed by atoms with Crippen LogP contribution in [0, 0.1) is 0 Å². The van der Waals surface area contributed by atoms with Gasteiger partial charge in [0.2, 0.25) is 0 Å². The van der Waals surface area contributed by atoms with E-state index in [2.05, 4.69) is 17.2 Å². The van der Waals surface area contributed by atoms with Crippen molar-refractivity contribution in [1.29, 1.82) is 0 Å². The van der Waals surface area contributed by atoms with Gasteiger partial charge in [0.15, 0.2) is 4.47 Å². The van der Waals surface area contributed by atoms with Gasteiger partial charge in [-0.1, -0.05) is 35.7 Å². The molecule has 0 saturated carbocycles. The Hall–Kier alpha value is -0.130. The van der Waals surface area contributed by atoms with E-state index in [-0.39, 0.29) is 0 Å². The van der Waals surface area contributed by atoms with E-state index >= 15 is 0 Å². The Balaban J connectivity index is 2.57. The lowest BCUT2D eigenvalue weighted by molar-refractivity contribution is 0.200. The third kappa shape index (κ3) is 5.36. The molecule has 6 heteroatoms. The minimum Gasteiger partial charge on any atom is -0.383 e. The van der Waals surface area contributed by atoms with Gasteiger partial charge in [-0.25, -0.2) is 4.98 Å². The first kappa shape index (κ1) is 14.9. The van der Waals surface area contributed by atoms with Gasteiger partial charge in [0.25, 0.3) is 0 Å². The summed E-state index contributed by atoms with van der Waals surface area (Å²) in [5, 5.41) is 3.77. The highest BCUT2D eigenvalue weighted by Gasteiger charge is 2.06. The molecule has 17 heavy (non-hydrogen) atoms. The molecule has 1 N–H and O–H groups in total. The summed E-state index contributed by atoms with van der Waals surface area (Å²) in [7, 11) is 1.69. The maximum atomic E-state index is 5.96. The normalized spacial score (nSPS) is 12.1. The molecule has 0 spiro atoms. The van der Waals surface area contributed by atoms with Crippen LogP contribution in [0.15, 0.2) is 5.57 Å². The number of thiazole rings is 1. The van der Waals surface area contributed by atoms with Crippen LogP contribution in [-0.2, 0) is 4.74 Å². The lowest BCUT2D eigenvalue weighted by atomic mass is 10.2. The Labute approximate surface area is 116 Å². The zero-order chi connectivity index (χ0) is 12.7. The largest absolute Gasteiger partial charge is 0.383 e. The van der Waals surface area contributed by atoms with E-state index in [1.54, 1.807) is 7.11 Å². The van der Waals surface area contributed by atoms with Crippen molar-refractivity contribution >= 4 is 40.6 Å². The minimum atomic E-state index is 0.475. The standard InChI is InChI=1S/C11H16Cl2N2OS/c1-3-8(7-14-4-5-16-2)6-9-10(12)15-11(13)17-9/h6,14H,3-5,7H2,1-2H3. The second-order valence-corrected chi connectivity index (χ2v) is 5.42. The van der Waals surface area contributed by atoms with Crippen molar-refractivity contribution in [3.05, 3.63) is 20.1 Å². The molecule has 0 unspecified atom stereocenters. The van der Waals surface area contributed by atoms with Crippen LogP contribution in [0.25, 0.3) is 6.08 Å². The Kier molecular flexibility index (Phi) is 7.08. The van der Waals surface area contributed by atoms with Crippen molar-refractivity contribution in [2.24, 2.45) is 0 Å². The zero-order valence-electron chi connectivity index (χ0n) is 9.93. The van der Waals surface area contributed by atoms with Gasteiger partial charge in [-0.3, -0.25) is 0 Å². The highest BCUT2D eigenvalue weighted by atomic mass is 35.5. The van der Waals surface area contributed by atoms with E-state index < -0.39 is 0 Å². The van der Waals surface area contributed by atoms with Crippen LogP contribution in [0.1, 0.15) is 18.2 Å². The van der Waals surface area contributed by atoms with Crippen molar-refractivity contribution in [2.45, 2.75) is 13.3 Å². The molecule has 1 heterocycles. The van der Waals surface area contributed by atoms with Gasteiger partial charge in [-0.05, 0) is 12.5 Å². The second-order valence-electron chi connectivity index (χ2n) is 3.45. The maximum Gasteiger partial charge on any atom is 0.185 e. The molecule has 0 saturated heterocycles. The van der Waals surface area contributed by atoms with Crippen LogP contribution in [0.5, 0.6) is 0 Å². The highest BCUT2D eigenvalue weighted by molar-refractivity contribution is 7.17. The molecule has 0 atom stereocenters. The summed E-state index contributed by atoms with van der Waals surface area (Å²) in [5.41, 5.74) is 1.27. The van der Waals surface area contributed by atoms with Gasteiger partial charge in [0, 0.05) is 20.2 Å². The molecule has 3 nitrogen and oxygen atoms in total. The van der Waals surface area contributed by atoms with Gasteiger partial charge >= 0.3 is 0 Å². The van der Waals surface area contributed by atoms with E-state index in [0.717, 1.165) is 24.4 Å². The van der Waals surface area contributed by atoms with Crippen LogP contribution in [0.3, 0.4) is 0 Å². The third-order valence-electron chi connectivity index (χ3n) is 2.21. The fraction of sp³-hybridized carbons (Fsp3) is 0.545. The van der Waals surface area contributed by atoms with Gasteiger partial charge < -0.3 is 10.1 Å². The van der Waals surface area contributed by atoms with E-state index in [1.165, 1.54) is 16.9 Å². The van der Waals surface area contributed by atoms with Crippen molar-refractivity contribution in [1.82, 2.24) is 10.3 Å². The first-order valence-corrected chi connectivity index (χ1v) is 6.95. The molecule has 0 aliphatic rings. The molecule has 0 bridgehead atoms. The molecular formula is C11H16Cl2N2OS. The van der Waals surface area contributed by atoms with Crippen LogP contribution >= 0.6 is 34.5 Å². The molecule has 0 aromatic carbocycles. The summed E-state index contributed by atoms with van der Waals surface area (Å²) in [4.78, 5) is 4.89. The Morgan fingerprint density at radius 3 is 2.82 bits per heavy atom. The Morgan fingerprint density at radius 2 is 2.29 bits per heavy atom. The monoisotopic (exact) mass is 294 g/mol. The highest BCUT2D eigenvalue weighted by Crippen LogP contribution is 2.28. The van der Waals surface area contributed by atoms with E-state index in [1.807, 2.05) is 6.08 Å². The zero-order valence-corrected chi connectivity index (χ0v) is 12.3. The van der Waals surface area contributed by atoms with Crippen molar-refractivity contribution in [2.75, 3.05) is 26.8 Å². The number of halogens is 2. The molecule has 1 aromatic rings. The fourth-order valence-electron chi connectivity index (χ4n) is 1.26. The van der Waals surface area contributed by atoms with E-state index in [4.69, 9.17) is 27.9 Å². The summed E-state index contributed by atoms with van der Waals surface area (Å²) in [6, 6.07) is 0. The number of methoxy groups -OCH3 is 1. The number of aromatic nitrogens is 1. The molecule has 0 amide bonds. The average Bonchev–Trinajstić information content (AvgIpc) is 2.61. The number of nitrogens with zero attached hydrogens (tertiary/aromatic N) is 1. The summed E-state index contributed by atoms with van der Waals surface area (Å²) < 4.78 is 5.45.